The molecular formula is C27H31F2N5O6. The molecule has 3 aromatic rings. The zero-order chi connectivity index (χ0) is 28.9. The summed E-state index contributed by atoms with van der Waals surface area (Å²) in [6.45, 7) is 3.05. The summed E-state index contributed by atoms with van der Waals surface area (Å²) in [4.78, 5) is 37.6. The molecule has 1 saturated carbocycles. The smallest absolute Gasteiger partial charge is 0.405 e. The van der Waals surface area contributed by atoms with Crippen molar-refractivity contribution in [3.63, 3.8) is 0 Å². The van der Waals surface area contributed by atoms with Crippen LogP contribution >= 0.6 is 0 Å². The number of rotatable bonds is 12. The number of primary amides is 1. The lowest BCUT2D eigenvalue weighted by atomic mass is 9.88. The van der Waals surface area contributed by atoms with Crippen LogP contribution in [0.1, 0.15) is 68.2 Å². The second-order valence-corrected chi connectivity index (χ2v) is 10.6. The maximum absolute atomic E-state index is 13.3. The van der Waals surface area contributed by atoms with Gasteiger partial charge in [0.25, 0.3) is 5.91 Å². The van der Waals surface area contributed by atoms with Crippen molar-refractivity contribution in [3.05, 3.63) is 53.9 Å². The van der Waals surface area contributed by atoms with Gasteiger partial charge in [-0.15, -0.1) is 0 Å². The number of hydrogen-bond acceptors (Lipinski definition) is 9. The van der Waals surface area contributed by atoms with Crippen LogP contribution in [0.4, 0.5) is 13.6 Å². The number of nitrogens with two attached hydrogens (primary N) is 1. The molecule has 4 rings (SSSR count). The molecule has 1 atom stereocenters. The maximum atomic E-state index is 13.3. The van der Waals surface area contributed by atoms with Gasteiger partial charge in [0, 0.05) is 18.0 Å². The van der Waals surface area contributed by atoms with Crippen molar-refractivity contribution >= 4 is 12.0 Å². The van der Waals surface area contributed by atoms with Crippen molar-refractivity contribution in [2.75, 3.05) is 6.61 Å². The predicted molar refractivity (Wildman–Crippen MR) is 137 cm³/mol. The molecule has 1 aliphatic carbocycles. The van der Waals surface area contributed by atoms with E-state index in [1.807, 2.05) is 20.8 Å². The van der Waals surface area contributed by atoms with Gasteiger partial charge < -0.3 is 29.7 Å². The number of aromatic nitrogens is 3. The number of nitrogens with zero attached hydrogens (tertiary/aromatic N) is 3. The fourth-order valence-corrected chi connectivity index (χ4v) is 3.82. The van der Waals surface area contributed by atoms with Crippen LogP contribution in [0.15, 0.2) is 41.1 Å². The van der Waals surface area contributed by atoms with E-state index in [4.69, 9.17) is 19.6 Å². The highest BCUT2D eigenvalue weighted by Gasteiger charge is 2.33. The summed E-state index contributed by atoms with van der Waals surface area (Å²) in [6.07, 6.45) is 3.23. The molecule has 2 amide bonds. The Bertz CT molecular complexity index is 1320. The average molecular weight is 560 g/mol. The van der Waals surface area contributed by atoms with Crippen molar-refractivity contribution in [3.8, 4) is 23.0 Å². The molecule has 214 valence electrons. The van der Waals surface area contributed by atoms with E-state index < -0.39 is 24.7 Å². The van der Waals surface area contributed by atoms with E-state index >= 15 is 0 Å². The van der Waals surface area contributed by atoms with E-state index in [9.17, 15) is 18.4 Å². The molecule has 3 N–H and O–H groups in total. The van der Waals surface area contributed by atoms with Gasteiger partial charge >= 0.3 is 12.7 Å². The molecule has 1 fully saturated rings. The van der Waals surface area contributed by atoms with Crippen LogP contribution in [0.2, 0.25) is 0 Å². The minimum atomic E-state index is -3.05. The van der Waals surface area contributed by atoms with E-state index in [2.05, 4.69) is 25.0 Å². The number of hydrogen-bond donors (Lipinski definition) is 2. The Morgan fingerprint density at radius 3 is 2.52 bits per heavy atom. The number of ether oxygens (including phenoxy) is 3. The van der Waals surface area contributed by atoms with Crippen molar-refractivity contribution < 1.29 is 37.0 Å². The van der Waals surface area contributed by atoms with Crippen LogP contribution in [0, 0.1) is 11.3 Å². The third-order valence-corrected chi connectivity index (χ3v) is 5.82. The minimum Gasteiger partial charge on any atom is -0.489 e. The lowest BCUT2D eigenvalue weighted by Crippen LogP contribution is -2.27. The van der Waals surface area contributed by atoms with Gasteiger partial charge in [0.15, 0.2) is 29.1 Å². The van der Waals surface area contributed by atoms with E-state index in [1.165, 1.54) is 18.2 Å². The van der Waals surface area contributed by atoms with Gasteiger partial charge in [0.2, 0.25) is 5.89 Å². The number of carbonyl (C=O) groups excluding carboxylic acids is 2. The Morgan fingerprint density at radius 1 is 1.18 bits per heavy atom. The highest BCUT2D eigenvalue weighted by Crippen LogP contribution is 2.39. The molecule has 0 saturated heterocycles. The molecule has 0 spiro atoms. The molecule has 0 bridgehead atoms. The number of amides is 2. The largest absolute Gasteiger partial charge is 0.489 e. The summed E-state index contributed by atoms with van der Waals surface area (Å²) in [5.41, 5.74) is 5.15. The quantitative estimate of drug-likeness (QED) is 0.311. The highest BCUT2D eigenvalue weighted by atomic mass is 19.3. The van der Waals surface area contributed by atoms with Crippen LogP contribution in [0.3, 0.4) is 0 Å². The van der Waals surface area contributed by atoms with Crippen LogP contribution in [-0.2, 0) is 11.3 Å². The van der Waals surface area contributed by atoms with Crippen molar-refractivity contribution in [1.82, 2.24) is 20.3 Å². The first kappa shape index (κ1) is 28.7. The Labute approximate surface area is 229 Å². The summed E-state index contributed by atoms with van der Waals surface area (Å²) in [5.74, 6) is -0.0259. The van der Waals surface area contributed by atoms with Crippen molar-refractivity contribution in [2.24, 2.45) is 17.1 Å². The fourth-order valence-electron chi connectivity index (χ4n) is 3.82. The summed E-state index contributed by atoms with van der Waals surface area (Å²) in [6, 6.07) is 5.85. The van der Waals surface area contributed by atoms with Gasteiger partial charge in [-0.1, -0.05) is 20.8 Å². The second-order valence-electron chi connectivity index (χ2n) is 10.6. The zero-order valence-corrected chi connectivity index (χ0v) is 22.4. The molecule has 1 aliphatic rings. The predicted octanol–water partition coefficient (Wildman–Crippen LogP) is 5.02. The Morgan fingerprint density at radius 2 is 1.90 bits per heavy atom. The summed E-state index contributed by atoms with van der Waals surface area (Å²) < 4.78 is 47.7. The first-order chi connectivity index (χ1) is 19.0. The van der Waals surface area contributed by atoms with Crippen LogP contribution < -0.4 is 20.5 Å². The van der Waals surface area contributed by atoms with Crippen molar-refractivity contribution in [1.29, 1.82) is 0 Å². The average Bonchev–Trinajstić information content (AvgIpc) is 3.61. The topological polar surface area (TPSA) is 152 Å². The molecule has 13 heteroatoms. The maximum Gasteiger partial charge on any atom is 0.405 e. The van der Waals surface area contributed by atoms with Gasteiger partial charge in [-0.25, -0.2) is 19.7 Å². The second kappa shape index (κ2) is 12.3. The molecule has 11 nitrogen and oxygen atoms in total. The number of benzene rings is 1. The summed E-state index contributed by atoms with van der Waals surface area (Å²) >= 11 is 0. The molecule has 1 aromatic carbocycles. The van der Waals surface area contributed by atoms with Crippen molar-refractivity contribution in [2.45, 2.75) is 59.3 Å². The fraction of sp³-hybridized carbons (Fsp3) is 0.444. The van der Waals surface area contributed by atoms with E-state index in [0.29, 0.717) is 23.9 Å². The number of alkyl halides is 2. The van der Waals surface area contributed by atoms with Gasteiger partial charge in [-0.2, -0.15) is 8.78 Å². The van der Waals surface area contributed by atoms with Gasteiger partial charge in [0.1, 0.15) is 5.82 Å². The molecule has 2 heterocycles. The Balaban J connectivity index is 1.71. The third kappa shape index (κ3) is 8.10. The lowest BCUT2D eigenvalue weighted by molar-refractivity contribution is -0.0515. The molecule has 40 heavy (non-hydrogen) atoms. The van der Waals surface area contributed by atoms with Crippen LogP contribution in [0.25, 0.3) is 11.5 Å². The number of nitrogens with one attached hydrogen (secondary N) is 1. The van der Waals surface area contributed by atoms with Crippen LogP contribution in [-0.4, -0.2) is 40.2 Å². The van der Waals surface area contributed by atoms with Gasteiger partial charge in [-0.05, 0) is 54.9 Å². The van der Waals surface area contributed by atoms with Crippen LogP contribution in [0.5, 0.6) is 11.5 Å². The number of oxazole rings is 1. The Kier molecular flexibility index (Phi) is 8.80. The first-order valence-electron chi connectivity index (χ1n) is 12.7. The van der Waals surface area contributed by atoms with E-state index in [1.54, 1.807) is 18.5 Å². The monoisotopic (exact) mass is 559 g/mol. The van der Waals surface area contributed by atoms with E-state index in [-0.39, 0.29) is 47.2 Å². The summed E-state index contributed by atoms with van der Waals surface area (Å²) in [5, 5.41) is 2.69. The molecular weight excluding hydrogens is 528 g/mol. The van der Waals surface area contributed by atoms with Gasteiger partial charge in [-0.3, -0.25) is 4.79 Å². The van der Waals surface area contributed by atoms with E-state index in [0.717, 1.165) is 12.8 Å². The Hall–Kier alpha value is -4.29. The first-order valence-corrected chi connectivity index (χ1v) is 12.7. The lowest BCUT2D eigenvalue weighted by Gasteiger charge is -2.24. The zero-order valence-electron chi connectivity index (χ0n) is 22.4. The third-order valence-electron chi connectivity index (χ3n) is 5.82. The highest BCUT2D eigenvalue weighted by molar-refractivity contribution is 5.94. The summed E-state index contributed by atoms with van der Waals surface area (Å²) in [7, 11) is 0. The minimum absolute atomic E-state index is 0.000734. The SMILES string of the molecule is CC(C)(C)C[C@H](OC(N)=O)c1oc(-c2ccc(OC(F)F)c(OCC3CC3)c2)nc1C(=O)NCc1ncccn1. The number of halogens is 2. The van der Waals surface area contributed by atoms with Gasteiger partial charge in [0.05, 0.1) is 13.2 Å². The number of carbonyl (C=O) groups is 2. The molecule has 0 aliphatic heterocycles. The normalized spacial score (nSPS) is 14.1. The molecule has 0 unspecified atom stereocenters. The standard InChI is InChI=1S/C27H31F2N5O6/c1-27(2,3)12-19(39-26(30)36)22-21(23(35)33-13-20-31-9-4-10-32-20)34-24(40-22)16-7-8-17(38-25(28)29)18(11-16)37-14-15-5-6-15/h4,7-11,15,19,25H,5-6,12-14H2,1-3H3,(H2,30,36)(H,33,35)/t19-/m0/s1. The molecule has 2 aromatic heterocycles. The molecule has 0 radical (unpaired) electrons.